The van der Waals surface area contributed by atoms with Crippen molar-refractivity contribution in [1.29, 1.82) is 0 Å². The Bertz CT molecular complexity index is 275. The van der Waals surface area contributed by atoms with Crippen molar-refractivity contribution in [2.75, 3.05) is 6.54 Å². The zero-order chi connectivity index (χ0) is 11.6. The van der Waals surface area contributed by atoms with E-state index in [1.807, 2.05) is 23.6 Å². The summed E-state index contributed by atoms with van der Waals surface area (Å²) in [6.07, 6.45) is 3.60. The molecule has 0 radical (unpaired) electrons. The van der Waals surface area contributed by atoms with Crippen LogP contribution in [0.2, 0.25) is 0 Å². The zero-order valence-electron chi connectivity index (χ0n) is 9.81. The van der Waals surface area contributed by atoms with Gasteiger partial charge in [-0.25, -0.2) is 4.79 Å². The average Bonchev–Trinajstić information content (AvgIpc) is 2.52. The van der Waals surface area contributed by atoms with E-state index in [0.29, 0.717) is 0 Å². The van der Waals surface area contributed by atoms with Crippen molar-refractivity contribution in [1.82, 2.24) is 9.80 Å². The summed E-state index contributed by atoms with van der Waals surface area (Å²) in [7, 11) is 0. The van der Waals surface area contributed by atoms with Gasteiger partial charge >= 0.3 is 6.03 Å². The van der Waals surface area contributed by atoms with Gasteiger partial charge < -0.3 is 9.80 Å². The molecular weight excluding hydrogens is 188 g/mol. The molecule has 1 rings (SSSR count). The molecule has 1 fully saturated rings. The van der Waals surface area contributed by atoms with Crippen LogP contribution in [0.3, 0.4) is 0 Å². The van der Waals surface area contributed by atoms with Gasteiger partial charge in [-0.2, -0.15) is 0 Å². The predicted octanol–water partition coefficient (Wildman–Crippen LogP) is 2.26. The van der Waals surface area contributed by atoms with Gasteiger partial charge in [-0.15, -0.1) is 13.2 Å². The second kappa shape index (κ2) is 4.51. The van der Waals surface area contributed by atoms with Gasteiger partial charge in [0.15, 0.2) is 0 Å². The van der Waals surface area contributed by atoms with Gasteiger partial charge in [-0.3, -0.25) is 0 Å². The lowest BCUT2D eigenvalue weighted by Crippen LogP contribution is -2.41. The van der Waals surface area contributed by atoms with Crippen LogP contribution < -0.4 is 0 Å². The Labute approximate surface area is 92.0 Å². The monoisotopic (exact) mass is 208 g/mol. The number of amides is 2. The second-order valence-corrected chi connectivity index (χ2v) is 4.14. The molecule has 0 saturated carbocycles. The summed E-state index contributed by atoms with van der Waals surface area (Å²) >= 11 is 0. The van der Waals surface area contributed by atoms with E-state index in [1.165, 1.54) is 0 Å². The van der Waals surface area contributed by atoms with E-state index in [0.717, 1.165) is 6.54 Å². The Balaban J connectivity index is 2.83. The van der Waals surface area contributed by atoms with Gasteiger partial charge in [-0.05, 0) is 20.8 Å². The fourth-order valence-electron chi connectivity index (χ4n) is 1.94. The molecule has 1 aliphatic heterocycles. The normalized spacial score (nSPS) is 25.3. The van der Waals surface area contributed by atoms with Crippen molar-refractivity contribution in [3.05, 3.63) is 25.3 Å². The Morgan fingerprint density at radius 3 is 2.33 bits per heavy atom. The summed E-state index contributed by atoms with van der Waals surface area (Å²) < 4.78 is 0. The fourth-order valence-corrected chi connectivity index (χ4v) is 1.94. The van der Waals surface area contributed by atoms with E-state index in [1.54, 1.807) is 12.2 Å². The minimum absolute atomic E-state index is 0.0855. The molecule has 1 aliphatic rings. The SMILES string of the molecule is C=CC(C)N1CC(C)N(C(C)C=C)C1=O. The lowest BCUT2D eigenvalue weighted by atomic mass is 10.2. The minimum atomic E-state index is 0.0855. The van der Waals surface area contributed by atoms with Crippen molar-refractivity contribution >= 4 is 6.03 Å². The average molecular weight is 208 g/mol. The molecule has 0 spiro atoms. The first-order valence-electron chi connectivity index (χ1n) is 5.37. The van der Waals surface area contributed by atoms with Crippen LogP contribution in [0.4, 0.5) is 4.79 Å². The smallest absolute Gasteiger partial charge is 0.316 e. The molecule has 15 heavy (non-hydrogen) atoms. The Kier molecular flexibility index (Phi) is 3.56. The number of urea groups is 1. The molecule has 3 heteroatoms. The summed E-state index contributed by atoms with van der Waals surface area (Å²) in [5, 5.41) is 0. The van der Waals surface area contributed by atoms with Crippen LogP contribution in [-0.2, 0) is 0 Å². The number of hydrogen-bond donors (Lipinski definition) is 0. The maximum atomic E-state index is 12.1. The molecule has 0 aromatic rings. The zero-order valence-corrected chi connectivity index (χ0v) is 9.81. The number of carbonyl (C=O) groups excluding carboxylic acids is 1. The lowest BCUT2D eigenvalue weighted by molar-refractivity contribution is 0.176. The van der Waals surface area contributed by atoms with E-state index in [4.69, 9.17) is 0 Å². The maximum Gasteiger partial charge on any atom is 0.321 e. The molecule has 3 nitrogen and oxygen atoms in total. The first kappa shape index (κ1) is 11.8. The van der Waals surface area contributed by atoms with E-state index >= 15 is 0 Å². The van der Waals surface area contributed by atoms with Crippen LogP contribution in [0.5, 0.6) is 0 Å². The first-order valence-corrected chi connectivity index (χ1v) is 5.37. The van der Waals surface area contributed by atoms with Crippen molar-refractivity contribution in [2.45, 2.75) is 38.9 Å². The van der Waals surface area contributed by atoms with E-state index in [-0.39, 0.29) is 24.2 Å². The van der Waals surface area contributed by atoms with Crippen LogP contribution in [0.1, 0.15) is 20.8 Å². The Morgan fingerprint density at radius 1 is 1.33 bits per heavy atom. The van der Waals surface area contributed by atoms with Gasteiger partial charge in [0.1, 0.15) is 0 Å². The summed E-state index contributed by atoms with van der Waals surface area (Å²) in [4.78, 5) is 15.8. The third kappa shape index (κ3) is 2.06. The maximum absolute atomic E-state index is 12.1. The van der Waals surface area contributed by atoms with Crippen molar-refractivity contribution in [3.63, 3.8) is 0 Å². The minimum Gasteiger partial charge on any atom is -0.316 e. The number of carbonyl (C=O) groups is 1. The molecule has 84 valence electrons. The van der Waals surface area contributed by atoms with Gasteiger partial charge in [0.25, 0.3) is 0 Å². The number of hydrogen-bond acceptors (Lipinski definition) is 1. The first-order chi connectivity index (χ1) is 7.02. The van der Waals surface area contributed by atoms with Crippen LogP contribution in [-0.4, -0.2) is 40.5 Å². The molecular formula is C12H20N2O. The topological polar surface area (TPSA) is 23.6 Å². The van der Waals surface area contributed by atoms with E-state index < -0.39 is 0 Å². The van der Waals surface area contributed by atoms with Crippen LogP contribution in [0.25, 0.3) is 0 Å². The van der Waals surface area contributed by atoms with Crippen molar-refractivity contribution in [2.24, 2.45) is 0 Å². The second-order valence-electron chi connectivity index (χ2n) is 4.14. The highest BCUT2D eigenvalue weighted by molar-refractivity contribution is 5.78. The molecule has 3 atom stereocenters. The molecule has 0 bridgehead atoms. The van der Waals surface area contributed by atoms with Crippen LogP contribution >= 0.6 is 0 Å². The summed E-state index contributed by atoms with van der Waals surface area (Å²) in [5.41, 5.74) is 0. The largest absolute Gasteiger partial charge is 0.321 e. The third-order valence-electron chi connectivity index (χ3n) is 3.01. The molecule has 1 saturated heterocycles. The molecule has 2 amide bonds. The van der Waals surface area contributed by atoms with Gasteiger partial charge in [0.05, 0.1) is 0 Å². The summed E-state index contributed by atoms with van der Waals surface area (Å²) in [6.45, 7) is 14.3. The van der Waals surface area contributed by atoms with Gasteiger partial charge in [0.2, 0.25) is 0 Å². The van der Waals surface area contributed by atoms with Crippen LogP contribution in [0.15, 0.2) is 25.3 Å². The van der Waals surface area contributed by atoms with Crippen LogP contribution in [0, 0.1) is 0 Å². The highest BCUT2D eigenvalue weighted by Gasteiger charge is 2.37. The molecule has 0 aromatic heterocycles. The fraction of sp³-hybridized carbons (Fsp3) is 0.583. The van der Waals surface area contributed by atoms with Gasteiger partial charge in [0, 0.05) is 24.7 Å². The highest BCUT2D eigenvalue weighted by Crippen LogP contribution is 2.21. The standard InChI is InChI=1S/C12H20N2O/c1-6-9(3)13-8-11(5)14(12(13)15)10(4)7-2/h6-7,9-11H,1-2,8H2,3-5H3. The molecule has 0 N–H and O–H groups in total. The number of rotatable bonds is 4. The Hall–Kier alpha value is -1.25. The summed E-state index contributed by atoms with van der Waals surface area (Å²) in [5.74, 6) is 0. The molecule has 0 aliphatic carbocycles. The van der Waals surface area contributed by atoms with Crippen molar-refractivity contribution < 1.29 is 4.79 Å². The van der Waals surface area contributed by atoms with E-state index in [2.05, 4.69) is 20.1 Å². The quantitative estimate of drug-likeness (QED) is 0.650. The molecule has 3 unspecified atom stereocenters. The van der Waals surface area contributed by atoms with E-state index in [9.17, 15) is 4.79 Å². The summed E-state index contributed by atoms with van der Waals surface area (Å²) in [6, 6.07) is 0.520. The molecule has 0 aromatic carbocycles. The predicted molar refractivity (Wildman–Crippen MR) is 62.7 cm³/mol. The lowest BCUT2D eigenvalue weighted by Gasteiger charge is -2.26. The van der Waals surface area contributed by atoms with Crippen molar-refractivity contribution in [3.8, 4) is 0 Å². The molecule has 1 heterocycles. The third-order valence-corrected chi connectivity index (χ3v) is 3.01. The highest BCUT2D eigenvalue weighted by atomic mass is 16.2. The number of nitrogens with zero attached hydrogens (tertiary/aromatic N) is 2. The van der Waals surface area contributed by atoms with Gasteiger partial charge in [-0.1, -0.05) is 12.2 Å². The Morgan fingerprint density at radius 2 is 1.87 bits per heavy atom.